The highest BCUT2D eigenvalue weighted by molar-refractivity contribution is 6.23. The number of hydrogen-bond acceptors (Lipinski definition) is 3. The number of hydrogen-bond donors (Lipinski definition) is 0. The molecule has 12 rings (SSSR count). The van der Waals surface area contributed by atoms with Crippen molar-refractivity contribution < 1.29 is 0 Å². The molecule has 0 spiro atoms. The Hall–Kier alpha value is -7.89. The van der Waals surface area contributed by atoms with Gasteiger partial charge in [0.2, 0.25) is 0 Å². The third-order valence-corrected chi connectivity index (χ3v) is 11.5. The summed E-state index contributed by atoms with van der Waals surface area (Å²) in [4.78, 5) is 15.3. The van der Waals surface area contributed by atoms with Crippen LogP contribution >= 0.6 is 0 Å². The zero-order chi connectivity index (χ0) is 38.2. The van der Waals surface area contributed by atoms with E-state index in [-0.39, 0.29) is 0 Å². The van der Waals surface area contributed by atoms with Crippen molar-refractivity contribution >= 4 is 65.2 Å². The lowest BCUT2D eigenvalue weighted by Gasteiger charge is -2.15. The van der Waals surface area contributed by atoms with E-state index in [1.807, 2.05) is 36.4 Å². The van der Waals surface area contributed by atoms with E-state index in [1.165, 1.54) is 37.8 Å². The average Bonchev–Trinajstić information content (AvgIpc) is 3.80. The first-order valence-corrected chi connectivity index (χ1v) is 19.6. The minimum atomic E-state index is 0.624. The Morgan fingerprint density at radius 3 is 1.53 bits per heavy atom. The fraction of sp³-hybridized carbons (Fsp3) is 0. The quantitative estimate of drug-likeness (QED) is 0.177. The molecule has 0 N–H and O–H groups in total. The third kappa shape index (κ3) is 5.00. The van der Waals surface area contributed by atoms with E-state index in [9.17, 15) is 0 Å². The molecule has 12 aromatic rings. The summed E-state index contributed by atoms with van der Waals surface area (Å²) in [5.41, 5.74) is 9.64. The van der Waals surface area contributed by atoms with E-state index in [2.05, 4.69) is 173 Å². The first-order chi connectivity index (χ1) is 28.8. The lowest BCUT2D eigenvalue weighted by molar-refractivity contribution is 1.07. The molecule has 9 aromatic carbocycles. The second kappa shape index (κ2) is 12.8. The van der Waals surface area contributed by atoms with Crippen LogP contribution in [0.3, 0.4) is 0 Å². The Labute approximate surface area is 333 Å². The molecular weight excluding hydrogens is 707 g/mol. The number of aromatic nitrogens is 5. The molecule has 3 aromatic heterocycles. The number of nitrogens with zero attached hydrogens (tertiary/aromatic N) is 5. The fourth-order valence-corrected chi connectivity index (χ4v) is 8.89. The smallest absolute Gasteiger partial charge is 0.164 e. The summed E-state index contributed by atoms with van der Waals surface area (Å²) in [7, 11) is 0. The first-order valence-electron chi connectivity index (χ1n) is 19.6. The standard InChI is InChI=1S/C53H33N5/c1-4-17-35(18-5-1)51-54-52(36-19-6-2-7-20-36)56-53(55-51)38-30-37-21-11-12-24-40(37)47(31-38)58-46-27-15-14-26-42(46)44-32-45-43-29-28-34-16-10-13-25-41(34)50(43)57(48(45)33-49(44)58)39-22-8-3-9-23-39/h1-33H. The van der Waals surface area contributed by atoms with Gasteiger partial charge in [0.05, 0.1) is 27.8 Å². The molecule has 5 nitrogen and oxygen atoms in total. The van der Waals surface area contributed by atoms with Gasteiger partial charge in [-0.25, -0.2) is 15.0 Å². The van der Waals surface area contributed by atoms with Crippen LogP contribution in [0.25, 0.3) is 111 Å². The summed E-state index contributed by atoms with van der Waals surface area (Å²) in [5, 5.41) is 9.58. The van der Waals surface area contributed by atoms with E-state index in [4.69, 9.17) is 15.0 Å². The molecule has 0 atom stereocenters. The van der Waals surface area contributed by atoms with Crippen molar-refractivity contribution in [3.05, 3.63) is 200 Å². The molecule has 270 valence electrons. The van der Waals surface area contributed by atoms with Gasteiger partial charge in [-0.15, -0.1) is 0 Å². The van der Waals surface area contributed by atoms with Crippen molar-refractivity contribution in [1.29, 1.82) is 0 Å². The Kier molecular flexibility index (Phi) is 7.16. The second-order valence-corrected chi connectivity index (χ2v) is 14.8. The van der Waals surface area contributed by atoms with Gasteiger partial charge in [-0.3, -0.25) is 0 Å². The Morgan fingerprint density at radius 2 is 0.828 bits per heavy atom. The molecule has 3 heterocycles. The van der Waals surface area contributed by atoms with Gasteiger partial charge in [0.1, 0.15) is 0 Å². The van der Waals surface area contributed by atoms with Crippen molar-refractivity contribution in [2.45, 2.75) is 0 Å². The van der Waals surface area contributed by atoms with Crippen LogP contribution in [0.1, 0.15) is 0 Å². The number of fused-ring (bicyclic) bond motifs is 9. The normalized spacial score (nSPS) is 11.8. The van der Waals surface area contributed by atoms with Gasteiger partial charge < -0.3 is 9.13 Å². The monoisotopic (exact) mass is 739 g/mol. The molecule has 0 fully saturated rings. The molecule has 0 aliphatic heterocycles. The van der Waals surface area contributed by atoms with Crippen LogP contribution in [-0.2, 0) is 0 Å². The highest BCUT2D eigenvalue weighted by atomic mass is 15.0. The number of rotatable bonds is 5. The summed E-state index contributed by atoms with van der Waals surface area (Å²) in [6, 6.07) is 71.0. The number of para-hydroxylation sites is 2. The van der Waals surface area contributed by atoms with Crippen molar-refractivity contribution in [3.8, 4) is 45.5 Å². The molecule has 0 aliphatic rings. The van der Waals surface area contributed by atoms with E-state index < -0.39 is 0 Å². The highest BCUT2D eigenvalue weighted by Gasteiger charge is 2.22. The molecule has 0 saturated carbocycles. The summed E-state index contributed by atoms with van der Waals surface area (Å²) in [6.07, 6.45) is 0. The summed E-state index contributed by atoms with van der Waals surface area (Å²) in [5.74, 6) is 1.90. The SMILES string of the molecule is c1ccc(-c2nc(-c3ccccc3)nc(-c3cc(-n4c5ccccc5c5cc6c7ccc8ccccc8c7n(-c7ccccc7)c6cc54)c4ccccc4c3)n2)cc1. The van der Waals surface area contributed by atoms with Crippen LogP contribution < -0.4 is 0 Å². The molecule has 0 saturated heterocycles. The van der Waals surface area contributed by atoms with Gasteiger partial charge in [0.25, 0.3) is 0 Å². The molecule has 0 bridgehead atoms. The van der Waals surface area contributed by atoms with E-state index in [0.29, 0.717) is 17.5 Å². The zero-order valence-electron chi connectivity index (χ0n) is 31.3. The summed E-state index contributed by atoms with van der Waals surface area (Å²) in [6.45, 7) is 0. The fourth-order valence-electron chi connectivity index (χ4n) is 8.89. The van der Waals surface area contributed by atoms with Crippen LogP contribution in [-0.4, -0.2) is 24.1 Å². The maximum atomic E-state index is 5.15. The Balaban J connectivity index is 1.18. The molecule has 5 heteroatoms. The van der Waals surface area contributed by atoms with E-state index in [0.717, 1.165) is 55.4 Å². The lowest BCUT2D eigenvalue weighted by atomic mass is 10.0. The third-order valence-electron chi connectivity index (χ3n) is 11.5. The topological polar surface area (TPSA) is 48.5 Å². The predicted octanol–water partition coefficient (Wildman–Crippen LogP) is 13.4. The molecule has 0 aliphatic carbocycles. The van der Waals surface area contributed by atoms with Crippen molar-refractivity contribution in [2.24, 2.45) is 0 Å². The van der Waals surface area contributed by atoms with Crippen LogP contribution in [0.5, 0.6) is 0 Å². The van der Waals surface area contributed by atoms with Crippen LogP contribution in [0, 0.1) is 0 Å². The zero-order valence-corrected chi connectivity index (χ0v) is 31.3. The number of benzene rings is 9. The van der Waals surface area contributed by atoms with Crippen LogP contribution in [0.15, 0.2) is 200 Å². The van der Waals surface area contributed by atoms with Gasteiger partial charge in [0.15, 0.2) is 17.5 Å². The molecular formula is C53H33N5. The minimum Gasteiger partial charge on any atom is -0.309 e. The van der Waals surface area contributed by atoms with E-state index >= 15 is 0 Å². The van der Waals surface area contributed by atoms with E-state index in [1.54, 1.807) is 0 Å². The molecule has 0 amide bonds. The Morgan fingerprint density at radius 1 is 0.293 bits per heavy atom. The van der Waals surface area contributed by atoms with Gasteiger partial charge in [0, 0.05) is 54.7 Å². The van der Waals surface area contributed by atoms with Crippen molar-refractivity contribution in [1.82, 2.24) is 24.1 Å². The van der Waals surface area contributed by atoms with Crippen LogP contribution in [0.2, 0.25) is 0 Å². The first kappa shape index (κ1) is 32.4. The molecule has 58 heavy (non-hydrogen) atoms. The minimum absolute atomic E-state index is 0.624. The second-order valence-electron chi connectivity index (χ2n) is 14.8. The van der Waals surface area contributed by atoms with Crippen molar-refractivity contribution in [3.63, 3.8) is 0 Å². The summed E-state index contributed by atoms with van der Waals surface area (Å²) >= 11 is 0. The van der Waals surface area contributed by atoms with Gasteiger partial charge in [-0.2, -0.15) is 0 Å². The summed E-state index contributed by atoms with van der Waals surface area (Å²) < 4.78 is 4.89. The predicted molar refractivity (Wildman–Crippen MR) is 240 cm³/mol. The molecule has 0 radical (unpaired) electrons. The van der Waals surface area contributed by atoms with Crippen LogP contribution in [0.4, 0.5) is 0 Å². The lowest BCUT2D eigenvalue weighted by Crippen LogP contribution is -2.02. The average molecular weight is 740 g/mol. The van der Waals surface area contributed by atoms with Gasteiger partial charge >= 0.3 is 0 Å². The maximum Gasteiger partial charge on any atom is 0.164 e. The maximum absolute atomic E-state index is 5.15. The van der Waals surface area contributed by atoms with Gasteiger partial charge in [-0.05, 0) is 53.2 Å². The van der Waals surface area contributed by atoms with Gasteiger partial charge in [-0.1, -0.05) is 158 Å². The highest BCUT2D eigenvalue weighted by Crippen LogP contribution is 2.43. The Bertz CT molecular complexity index is 3490. The molecule has 0 unspecified atom stereocenters. The van der Waals surface area contributed by atoms with Crippen molar-refractivity contribution in [2.75, 3.05) is 0 Å². The largest absolute Gasteiger partial charge is 0.309 e.